The molecule has 0 aliphatic rings. The first kappa shape index (κ1) is 20.3. The van der Waals surface area contributed by atoms with Gasteiger partial charge in [-0.2, -0.15) is 0 Å². The van der Waals surface area contributed by atoms with Crippen molar-refractivity contribution in [2.45, 2.75) is 19.9 Å². The average molecular weight is 414 g/mol. The molecule has 0 saturated carbocycles. The van der Waals surface area contributed by atoms with Crippen molar-refractivity contribution < 1.29 is 9.36 Å². The molecule has 4 rings (SSSR count). The summed E-state index contributed by atoms with van der Waals surface area (Å²) in [6, 6.07) is 15.1. The molecule has 0 aliphatic carbocycles. The third-order valence-corrected chi connectivity index (χ3v) is 5.19. The fourth-order valence-corrected chi connectivity index (χ4v) is 3.61. The lowest BCUT2D eigenvalue weighted by Gasteiger charge is -2.11. The summed E-state index contributed by atoms with van der Waals surface area (Å²) >= 11 is 0. The number of carbonyl (C=O) groups excluding carboxylic acids is 1. The van der Waals surface area contributed by atoms with Crippen molar-refractivity contribution >= 4 is 28.4 Å². The molecule has 31 heavy (non-hydrogen) atoms. The SMILES string of the molecule is C=CC[n+]1c(N)c(C(=O)NCCc2ccccc2)cc2c(=O)n3cc(C)ccc3nc21. The third-order valence-electron chi connectivity index (χ3n) is 5.19. The van der Waals surface area contributed by atoms with E-state index in [1.807, 2.05) is 43.3 Å². The number of anilines is 1. The van der Waals surface area contributed by atoms with E-state index >= 15 is 0 Å². The van der Waals surface area contributed by atoms with Crippen molar-refractivity contribution in [3.05, 3.63) is 94.4 Å². The number of carbonyl (C=O) groups is 1. The van der Waals surface area contributed by atoms with Gasteiger partial charge in [0.25, 0.3) is 17.1 Å². The van der Waals surface area contributed by atoms with Crippen molar-refractivity contribution in [3.8, 4) is 0 Å². The number of nitrogens with two attached hydrogens (primary N) is 1. The molecular weight excluding hydrogens is 390 g/mol. The van der Waals surface area contributed by atoms with Crippen LogP contribution in [0.3, 0.4) is 0 Å². The Morgan fingerprint density at radius 1 is 1.26 bits per heavy atom. The van der Waals surface area contributed by atoms with Crippen LogP contribution in [0.15, 0.2) is 72.2 Å². The molecule has 0 spiro atoms. The Morgan fingerprint density at radius 3 is 2.77 bits per heavy atom. The highest BCUT2D eigenvalue weighted by Crippen LogP contribution is 2.15. The molecule has 3 heterocycles. The summed E-state index contributed by atoms with van der Waals surface area (Å²) in [4.78, 5) is 30.7. The highest BCUT2D eigenvalue weighted by atomic mass is 16.1. The maximum absolute atomic E-state index is 13.2. The zero-order valence-corrected chi connectivity index (χ0v) is 17.3. The minimum absolute atomic E-state index is 0.243. The van der Waals surface area contributed by atoms with E-state index in [1.165, 1.54) is 10.5 Å². The number of hydrogen-bond donors (Lipinski definition) is 2. The van der Waals surface area contributed by atoms with Gasteiger partial charge < -0.3 is 11.1 Å². The molecule has 7 nitrogen and oxygen atoms in total. The molecule has 0 saturated heterocycles. The zero-order chi connectivity index (χ0) is 22.0. The highest BCUT2D eigenvalue weighted by Gasteiger charge is 2.23. The number of pyridine rings is 2. The molecule has 0 fully saturated rings. The van der Waals surface area contributed by atoms with E-state index in [4.69, 9.17) is 5.73 Å². The summed E-state index contributed by atoms with van der Waals surface area (Å²) in [5.41, 5.74) is 9.33. The van der Waals surface area contributed by atoms with Crippen molar-refractivity contribution in [2.75, 3.05) is 12.3 Å². The first-order valence-electron chi connectivity index (χ1n) is 10.1. The largest absolute Gasteiger partial charge is 0.351 e. The molecular formula is C24H24N5O2+. The van der Waals surface area contributed by atoms with E-state index in [-0.39, 0.29) is 22.8 Å². The smallest absolute Gasteiger partial charge is 0.278 e. The molecule has 0 bridgehead atoms. The van der Waals surface area contributed by atoms with Gasteiger partial charge in [-0.3, -0.25) is 14.0 Å². The van der Waals surface area contributed by atoms with Gasteiger partial charge in [0.2, 0.25) is 11.5 Å². The second-order valence-corrected chi connectivity index (χ2v) is 7.42. The fraction of sp³-hybridized carbons (Fsp3) is 0.167. The quantitative estimate of drug-likeness (QED) is 0.287. The highest BCUT2D eigenvalue weighted by molar-refractivity contribution is 6.00. The van der Waals surface area contributed by atoms with Crippen LogP contribution in [0, 0.1) is 6.92 Å². The minimum atomic E-state index is -0.332. The molecule has 3 N–H and O–H groups in total. The van der Waals surface area contributed by atoms with Crippen LogP contribution in [0.2, 0.25) is 0 Å². The molecule has 156 valence electrons. The number of allylic oxidation sites excluding steroid dienone is 1. The van der Waals surface area contributed by atoms with Crippen LogP contribution < -0.4 is 21.2 Å². The lowest BCUT2D eigenvalue weighted by atomic mass is 10.1. The molecule has 1 aromatic carbocycles. The predicted molar refractivity (Wildman–Crippen MR) is 121 cm³/mol. The molecule has 7 heteroatoms. The standard InChI is InChI=1S/C24H23N5O2/c1-3-13-28-21(25)18(23(30)26-12-11-17-7-5-4-6-8-17)14-19-22(28)27-20-10-9-16(2)15-29(20)24(19)31/h3-10,14-15,25H,1,11-13H2,2H3,(H,26,30)/p+1. The summed E-state index contributed by atoms with van der Waals surface area (Å²) in [6.45, 7) is 6.45. The van der Waals surface area contributed by atoms with Gasteiger partial charge in [-0.05, 0) is 36.6 Å². The maximum atomic E-state index is 13.2. The number of fused-ring (bicyclic) bond motifs is 2. The summed E-state index contributed by atoms with van der Waals surface area (Å²) in [5, 5.41) is 3.23. The number of rotatable bonds is 6. The number of amides is 1. The molecule has 1 amide bonds. The first-order chi connectivity index (χ1) is 15.0. The van der Waals surface area contributed by atoms with E-state index in [1.54, 1.807) is 22.9 Å². The normalized spacial score (nSPS) is 11.0. The molecule has 4 aromatic rings. The number of aromatic nitrogens is 3. The Hall–Kier alpha value is -4.00. The van der Waals surface area contributed by atoms with Gasteiger partial charge in [-0.15, -0.1) is 0 Å². The monoisotopic (exact) mass is 414 g/mol. The van der Waals surface area contributed by atoms with E-state index in [9.17, 15) is 9.59 Å². The van der Waals surface area contributed by atoms with Gasteiger partial charge in [-0.1, -0.05) is 54.0 Å². The Balaban J connectivity index is 1.77. The van der Waals surface area contributed by atoms with Crippen molar-refractivity contribution in [2.24, 2.45) is 0 Å². The van der Waals surface area contributed by atoms with Crippen LogP contribution in [0.25, 0.3) is 16.7 Å². The predicted octanol–water partition coefficient (Wildman–Crippen LogP) is 2.18. The molecule has 0 aliphatic heterocycles. The number of aryl methyl sites for hydroxylation is 1. The van der Waals surface area contributed by atoms with Gasteiger partial charge in [0.1, 0.15) is 10.9 Å². The summed E-state index contributed by atoms with van der Waals surface area (Å²) in [6.07, 6.45) is 4.09. The topological polar surface area (TPSA) is 93.4 Å². The summed E-state index contributed by atoms with van der Waals surface area (Å²) in [7, 11) is 0. The van der Waals surface area contributed by atoms with Crippen LogP contribution in [0.1, 0.15) is 21.5 Å². The second kappa shape index (κ2) is 8.39. The van der Waals surface area contributed by atoms with Gasteiger partial charge in [-0.25, -0.2) is 4.57 Å². The Bertz CT molecular complexity index is 1360. The fourth-order valence-electron chi connectivity index (χ4n) is 3.61. The molecule has 0 unspecified atom stereocenters. The van der Waals surface area contributed by atoms with Crippen molar-refractivity contribution in [3.63, 3.8) is 0 Å². The van der Waals surface area contributed by atoms with Crippen LogP contribution in [0.4, 0.5) is 5.82 Å². The maximum Gasteiger partial charge on any atom is 0.278 e. The zero-order valence-electron chi connectivity index (χ0n) is 17.3. The first-order valence-corrected chi connectivity index (χ1v) is 10.1. The number of benzene rings is 1. The van der Waals surface area contributed by atoms with Crippen molar-refractivity contribution in [1.29, 1.82) is 0 Å². The minimum Gasteiger partial charge on any atom is -0.351 e. The third kappa shape index (κ3) is 3.90. The number of nitrogens with zero attached hydrogens (tertiary/aromatic N) is 3. The Labute approximate surface area is 179 Å². The summed E-state index contributed by atoms with van der Waals surface area (Å²) in [5.74, 6) is -0.0881. The van der Waals surface area contributed by atoms with Gasteiger partial charge in [0.15, 0.2) is 0 Å². The molecule has 0 radical (unpaired) electrons. The number of hydrogen-bond acceptors (Lipinski definition) is 4. The van der Waals surface area contributed by atoms with Crippen LogP contribution >= 0.6 is 0 Å². The van der Waals surface area contributed by atoms with Crippen LogP contribution in [0.5, 0.6) is 0 Å². The average Bonchev–Trinajstić information content (AvgIpc) is 2.77. The van der Waals surface area contributed by atoms with Crippen LogP contribution in [-0.4, -0.2) is 21.8 Å². The number of nitrogens with one attached hydrogen (secondary N) is 1. The van der Waals surface area contributed by atoms with Gasteiger partial charge in [0, 0.05) is 12.7 Å². The molecule has 0 atom stereocenters. The number of nitrogen functional groups attached to an aromatic ring is 1. The van der Waals surface area contributed by atoms with Crippen molar-refractivity contribution in [1.82, 2.24) is 14.7 Å². The van der Waals surface area contributed by atoms with E-state index < -0.39 is 0 Å². The summed E-state index contributed by atoms with van der Waals surface area (Å²) < 4.78 is 3.14. The van der Waals surface area contributed by atoms with Crippen LogP contribution in [-0.2, 0) is 13.0 Å². The molecule has 3 aromatic heterocycles. The Kier molecular flexibility index (Phi) is 5.49. The lowest BCUT2D eigenvalue weighted by Crippen LogP contribution is -2.42. The van der Waals surface area contributed by atoms with Gasteiger partial charge >= 0.3 is 0 Å². The Morgan fingerprint density at radius 2 is 2.03 bits per heavy atom. The second-order valence-electron chi connectivity index (χ2n) is 7.42. The van der Waals surface area contributed by atoms with E-state index in [0.717, 1.165) is 11.1 Å². The van der Waals surface area contributed by atoms with Gasteiger partial charge in [0.05, 0.1) is 6.54 Å². The van der Waals surface area contributed by atoms with E-state index in [2.05, 4.69) is 16.9 Å². The lowest BCUT2D eigenvalue weighted by molar-refractivity contribution is -0.648. The van der Waals surface area contributed by atoms with E-state index in [0.29, 0.717) is 36.2 Å².